The molecule has 108 valence electrons. The monoisotopic (exact) mass is 276 g/mol. The third kappa shape index (κ3) is 3.63. The Morgan fingerprint density at radius 2 is 2.45 bits per heavy atom. The number of nitrogens with zero attached hydrogens (tertiary/aromatic N) is 1. The minimum absolute atomic E-state index is 0.0626. The van der Waals surface area contributed by atoms with E-state index in [9.17, 15) is 4.79 Å². The fraction of sp³-hybridized carbons (Fsp3) is 0.429. The van der Waals surface area contributed by atoms with E-state index in [4.69, 9.17) is 5.73 Å². The van der Waals surface area contributed by atoms with Gasteiger partial charge in [-0.2, -0.15) is 0 Å². The number of rotatable bonds is 5. The standard InChI is InChI=1S/C14H20N4O2/c1-20-14(19)12(15)9-16-8-6-11-5-4-10-3-2-7-17-13(10)18-11/h4-5,9,16H,2-3,6-8,15H2,1H3,(H,17,18)/b12-9-. The molecule has 20 heavy (non-hydrogen) atoms. The lowest BCUT2D eigenvalue weighted by molar-refractivity contribution is -0.136. The van der Waals surface area contributed by atoms with E-state index in [2.05, 4.69) is 26.4 Å². The van der Waals surface area contributed by atoms with E-state index in [0.29, 0.717) is 6.54 Å². The van der Waals surface area contributed by atoms with Crippen molar-refractivity contribution in [3.8, 4) is 0 Å². The van der Waals surface area contributed by atoms with Gasteiger partial charge in [-0.1, -0.05) is 6.07 Å². The topological polar surface area (TPSA) is 89.3 Å². The molecule has 6 heteroatoms. The number of carbonyl (C=O) groups is 1. The second kappa shape index (κ2) is 6.79. The van der Waals surface area contributed by atoms with E-state index < -0.39 is 5.97 Å². The first kappa shape index (κ1) is 14.2. The number of fused-ring (bicyclic) bond motifs is 1. The van der Waals surface area contributed by atoms with Crippen molar-refractivity contribution in [2.75, 3.05) is 25.5 Å². The molecule has 2 heterocycles. The van der Waals surface area contributed by atoms with Crippen LogP contribution in [0.25, 0.3) is 0 Å². The third-order valence-electron chi connectivity index (χ3n) is 3.16. The van der Waals surface area contributed by atoms with Gasteiger partial charge >= 0.3 is 5.97 Å². The molecular formula is C14H20N4O2. The highest BCUT2D eigenvalue weighted by Crippen LogP contribution is 2.19. The molecule has 1 aromatic heterocycles. The molecular weight excluding hydrogens is 256 g/mol. The van der Waals surface area contributed by atoms with Crippen molar-refractivity contribution in [1.29, 1.82) is 0 Å². The SMILES string of the molecule is COC(=O)/C(N)=C/NCCc1ccc2c(n1)NCCC2. The number of nitrogens with two attached hydrogens (primary N) is 1. The highest BCUT2D eigenvalue weighted by molar-refractivity contribution is 5.87. The molecule has 1 aromatic rings. The van der Waals surface area contributed by atoms with E-state index in [1.807, 2.05) is 6.07 Å². The maximum absolute atomic E-state index is 11.1. The van der Waals surface area contributed by atoms with E-state index in [1.165, 1.54) is 18.9 Å². The van der Waals surface area contributed by atoms with Gasteiger partial charge in [-0.05, 0) is 24.5 Å². The Bertz CT molecular complexity index is 514. The molecule has 0 aromatic carbocycles. The van der Waals surface area contributed by atoms with Crippen LogP contribution in [0.1, 0.15) is 17.7 Å². The van der Waals surface area contributed by atoms with Gasteiger partial charge in [0.1, 0.15) is 11.5 Å². The summed E-state index contributed by atoms with van der Waals surface area (Å²) < 4.78 is 4.50. The minimum atomic E-state index is -0.534. The number of carbonyl (C=O) groups excluding carboxylic acids is 1. The highest BCUT2D eigenvalue weighted by atomic mass is 16.5. The Balaban J connectivity index is 1.84. The van der Waals surface area contributed by atoms with Crippen LogP contribution in [0.15, 0.2) is 24.0 Å². The quantitative estimate of drug-likeness (QED) is 0.413. The summed E-state index contributed by atoms with van der Waals surface area (Å²) in [5, 5.41) is 6.29. The number of nitrogens with one attached hydrogen (secondary N) is 2. The number of pyridine rings is 1. The molecule has 6 nitrogen and oxygen atoms in total. The fourth-order valence-electron chi connectivity index (χ4n) is 2.07. The number of esters is 1. The molecule has 0 spiro atoms. The van der Waals surface area contributed by atoms with Gasteiger partial charge in [-0.25, -0.2) is 9.78 Å². The number of aromatic nitrogens is 1. The Morgan fingerprint density at radius 1 is 1.60 bits per heavy atom. The normalized spacial score (nSPS) is 14.2. The van der Waals surface area contributed by atoms with Crippen LogP contribution in [0.3, 0.4) is 0 Å². The lowest BCUT2D eigenvalue weighted by Gasteiger charge is -2.17. The lowest BCUT2D eigenvalue weighted by Crippen LogP contribution is -2.19. The van der Waals surface area contributed by atoms with Crippen molar-refractivity contribution in [3.05, 3.63) is 35.3 Å². The number of ether oxygens (including phenoxy) is 1. The van der Waals surface area contributed by atoms with Crippen molar-refractivity contribution < 1.29 is 9.53 Å². The Labute approximate surface area is 118 Å². The predicted molar refractivity (Wildman–Crippen MR) is 77.0 cm³/mol. The van der Waals surface area contributed by atoms with Crippen molar-refractivity contribution in [2.45, 2.75) is 19.3 Å². The van der Waals surface area contributed by atoms with Crippen LogP contribution in [0.4, 0.5) is 5.82 Å². The average Bonchev–Trinajstić information content (AvgIpc) is 2.50. The van der Waals surface area contributed by atoms with Gasteiger partial charge in [-0.3, -0.25) is 0 Å². The van der Waals surface area contributed by atoms with Crippen molar-refractivity contribution in [1.82, 2.24) is 10.3 Å². The Kier molecular flexibility index (Phi) is 4.81. The molecule has 0 unspecified atom stereocenters. The number of anilines is 1. The van der Waals surface area contributed by atoms with Crippen LogP contribution in [0, 0.1) is 0 Å². The summed E-state index contributed by atoms with van der Waals surface area (Å²) in [5.41, 5.74) is 7.85. The molecule has 1 aliphatic rings. The molecule has 0 saturated heterocycles. The number of hydrogen-bond acceptors (Lipinski definition) is 6. The minimum Gasteiger partial charge on any atom is -0.464 e. The second-order valence-corrected chi connectivity index (χ2v) is 4.64. The van der Waals surface area contributed by atoms with Crippen LogP contribution >= 0.6 is 0 Å². The molecule has 0 bridgehead atoms. The molecule has 0 amide bonds. The van der Waals surface area contributed by atoms with Crippen LogP contribution in [-0.4, -0.2) is 31.2 Å². The third-order valence-corrected chi connectivity index (χ3v) is 3.16. The summed E-state index contributed by atoms with van der Waals surface area (Å²) in [7, 11) is 1.30. The van der Waals surface area contributed by atoms with Gasteiger partial charge in [0.2, 0.25) is 0 Å². The number of aryl methyl sites for hydroxylation is 1. The zero-order valence-electron chi connectivity index (χ0n) is 11.6. The summed E-state index contributed by atoms with van der Waals surface area (Å²) in [6.07, 6.45) is 4.47. The van der Waals surface area contributed by atoms with Crippen LogP contribution in [0.2, 0.25) is 0 Å². The molecule has 0 fully saturated rings. The van der Waals surface area contributed by atoms with E-state index in [1.54, 1.807) is 0 Å². The molecule has 0 saturated carbocycles. The van der Waals surface area contributed by atoms with Crippen molar-refractivity contribution >= 4 is 11.8 Å². The van der Waals surface area contributed by atoms with Crippen molar-refractivity contribution in [2.24, 2.45) is 5.73 Å². The van der Waals surface area contributed by atoms with Gasteiger partial charge in [0.15, 0.2) is 0 Å². The highest BCUT2D eigenvalue weighted by Gasteiger charge is 2.10. The first-order valence-electron chi connectivity index (χ1n) is 6.70. The van der Waals surface area contributed by atoms with E-state index >= 15 is 0 Å². The van der Waals surface area contributed by atoms with Gasteiger partial charge in [0.05, 0.1) is 7.11 Å². The van der Waals surface area contributed by atoms with Crippen molar-refractivity contribution in [3.63, 3.8) is 0 Å². The first-order chi connectivity index (χ1) is 9.70. The molecule has 1 aliphatic heterocycles. The molecule has 0 radical (unpaired) electrons. The number of hydrogen-bond donors (Lipinski definition) is 3. The summed E-state index contributed by atoms with van der Waals surface area (Å²) in [6, 6.07) is 4.17. The summed E-state index contributed by atoms with van der Waals surface area (Å²) in [6.45, 7) is 1.64. The first-order valence-corrected chi connectivity index (χ1v) is 6.70. The maximum Gasteiger partial charge on any atom is 0.355 e. The molecule has 0 atom stereocenters. The Morgan fingerprint density at radius 3 is 3.25 bits per heavy atom. The maximum atomic E-state index is 11.1. The molecule has 4 N–H and O–H groups in total. The number of methoxy groups -OCH3 is 1. The zero-order chi connectivity index (χ0) is 14.4. The van der Waals surface area contributed by atoms with Gasteiger partial charge in [0, 0.05) is 31.4 Å². The predicted octanol–water partition coefficient (Wildman–Crippen LogP) is 0.545. The van der Waals surface area contributed by atoms with Gasteiger partial charge in [0.25, 0.3) is 0 Å². The second-order valence-electron chi connectivity index (χ2n) is 4.64. The molecule has 0 aliphatic carbocycles. The smallest absolute Gasteiger partial charge is 0.355 e. The fourth-order valence-corrected chi connectivity index (χ4v) is 2.07. The summed E-state index contributed by atoms with van der Waals surface area (Å²) in [4.78, 5) is 15.6. The Hall–Kier alpha value is -2.24. The largest absolute Gasteiger partial charge is 0.464 e. The zero-order valence-corrected chi connectivity index (χ0v) is 11.6. The van der Waals surface area contributed by atoms with E-state index in [-0.39, 0.29) is 5.70 Å². The van der Waals surface area contributed by atoms with Crippen LogP contribution in [0.5, 0.6) is 0 Å². The summed E-state index contributed by atoms with van der Waals surface area (Å²) in [5.74, 6) is 0.465. The van der Waals surface area contributed by atoms with E-state index in [0.717, 1.165) is 37.3 Å². The lowest BCUT2D eigenvalue weighted by atomic mass is 10.1. The van der Waals surface area contributed by atoms with Gasteiger partial charge < -0.3 is 21.1 Å². The van der Waals surface area contributed by atoms with Gasteiger partial charge in [-0.15, -0.1) is 0 Å². The van der Waals surface area contributed by atoms with Crippen LogP contribution in [-0.2, 0) is 22.4 Å². The average molecular weight is 276 g/mol. The molecule has 2 rings (SSSR count). The summed E-state index contributed by atoms with van der Waals surface area (Å²) >= 11 is 0. The van der Waals surface area contributed by atoms with Crippen LogP contribution < -0.4 is 16.4 Å².